The third-order valence-electron chi connectivity index (χ3n) is 10.0. The fraction of sp³-hybridized carbons (Fsp3) is 0.974. The number of aliphatic hydroxyl groups is 2. The van der Waals surface area contributed by atoms with E-state index in [4.69, 9.17) is 14.2 Å². The molecule has 5 atom stereocenters. The molecule has 0 aromatic carbocycles. The number of nitrogens with zero attached hydrogens (tertiary/aromatic N) is 1. The SMILES string of the molecule is CCCCCCCCCCCCC(O)CN(CCCCC(=O)OC1COC2CCOC21)CC(O)CCCCCCCCCCCC. The Balaban J connectivity index is 1.63. The lowest BCUT2D eigenvalue weighted by atomic mass is 10.0. The third kappa shape index (κ3) is 20.6. The number of aliphatic hydroxyl groups excluding tert-OH is 2. The second-order valence-electron chi connectivity index (χ2n) is 14.5. The molecular weight excluding hydrogens is 578 g/mol. The minimum Gasteiger partial charge on any atom is -0.457 e. The summed E-state index contributed by atoms with van der Waals surface area (Å²) in [5, 5.41) is 21.8. The van der Waals surface area contributed by atoms with Crippen molar-refractivity contribution in [1.82, 2.24) is 4.90 Å². The number of hydrogen-bond donors (Lipinski definition) is 2. The van der Waals surface area contributed by atoms with Crippen LogP contribution in [0.25, 0.3) is 0 Å². The van der Waals surface area contributed by atoms with Gasteiger partial charge in [0.25, 0.3) is 0 Å². The van der Waals surface area contributed by atoms with Crippen LogP contribution in [0.2, 0.25) is 0 Å². The summed E-state index contributed by atoms with van der Waals surface area (Å²) in [5.74, 6) is -0.182. The van der Waals surface area contributed by atoms with Crippen LogP contribution in [0.5, 0.6) is 0 Å². The van der Waals surface area contributed by atoms with E-state index in [0.29, 0.717) is 32.7 Å². The Kier molecular flexibility index (Phi) is 25.4. The van der Waals surface area contributed by atoms with Gasteiger partial charge in [0, 0.05) is 26.1 Å². The highest BCUT2D eigenvalue weighted by atomic mass is 16.6. The van der Waals surface area contributed by atoms with E-state index < -0.39 is 0 Å². The van der Waals surface area contributed by atoms with E-state index in [-0.39, 0.29) is 36.5 Å². The van der Waals surface area contributed by atoms with Gasteiger partial charge in [-0.05, 0) is 38.6 Å². The van der Waals surface area contributed by atoms with Crippen LogP contribution in [0.3, 0.4) is 0 Å². The van der Waals surface area contributed by atoms with Gasteiger partial charge in [0.15, 0.2) is 6.10 Å². The van der Waals surface area contributed by atoms with Crippen molar-refractivity contribution in [3.63, 3.8) is 0 Å². The number of esters is 1. The highest BCUT2D eigenvalue weighted by Gasteiger charge is 2.43. The zero-order chi connectivity index (χ0) is 33.1. The van der Waals surface area contributed by atoms with Crippen molar-refractivity contribution in [3.8, 4) is 0 Å². The molecule has 2 N–H and O–H groups in total. The second-order valence-corrected chi connectivity index (χ2v) is 14.5. The Labute approximate surface area is 283 Å². The Morgan fingerprint density at radius 1 is 0.674 bits per heavy atom. The lowest BCUT2D eigenvalue weighted by Gasteiger charge is -2.27. The molecule has 46 heavy (non-hydrogen) atoms. The molecule has 2 heterocycles. The molecule has 0 saturated carbocycles. The lowest BCUT2D eigenvalue weighted by molar-refractivity contribution is -0.153. The predicted octanol–water partition coefficient (Wildman–Crippen LogP) is 8.90. The van der Waals surface area contributed by atoms with Crippen LogP contribution < -0.4 is 0 Å². The molecule has 0 amide bonds. The number of hydrogen-bond acceptors (Lipinski definition) is 7. The van der Waals surface area contributed by atoms with E-state index in [2.05, 4.69) is 18.7 Å². The third-order valence-corrected chi connectivity index (χ3v) is 10.0. The molecular formula is C39H75NO6. The minimum absolute atomic E-state index is 0.0739. The smallest absolute Gasteiger partial charge is 0.306 e. The van der Waals surface area contributed by atoms with Gasteiger partial charge in [-0.25, -0.2) is 0 Å². The number of ether oxygens (including phenoxy) is 3. The molecule has 7 heteroatoms. The van der Waals surface area contributed by atoms with Gasteiger partial charge < -0.3 is 24.4 Å². The molecule has 2 saturated heterocycles. The maximum Gasteiger partial charge on any atom is 0.306 e. The van der Waals surface area contributed by atoms with Crippen LogP contribution in [0, 0.1) is 0 Å². The van der Waals surface area contributed by atoms with Crippen molar-refractivity contribution < 1.29 is 29.2 Å². The summed E-state index contributed by atoms with van der Waals surface area (Å²) in [6, 6.07) is 0. The molecule has 0 radical (unpaired) electrons. The average molecular weight is 654 g/mol. The number of carbonyl (C=O) groups excluding carboxylic acids is 1. The maximum atomic E-state index is 12.5. The van der Waals surface area contributed by atoms with Gasteiger partial charge in [0.2, 0.25) is 0 Å². The van der Waals surface area contributed by atoms with Crippen LogP contribution in [0.15, 0.2) is 0 Å². The van der Waals surface area contributed by atoms with Crippen molar-refractivity contribution in [2.45, 2.75) is 211 Å². The van der Waals surface area contributed by atoms with E-state index in [0.717, 1.165) is 51.5 Å². The molecule has 2 fully saturated rings. The molecule has 0 aliphatic carbocycles. The van der Waals surface area contributed by atoms with Crippen LogP contribution >= 0.6 is 0 Å². The topological polar surface area (TPSA) is 88.5 Å². The molecule has 5 unspecified atom stereocenters. The van der Waals surface area contributed by atoms with Crippen molar-refractivity contribution in [2.24, 2.45) is 0 Å². The summed E-state index contributed by atoms with van der Waals surface area (Å²) in [5.41, 5.74) is 0. The van der Waals surface area contributed by atoms with Crippen molar-refractivity contribution in [2.75, 3.05) is 32.8 Å². The molecule has 0 bridgehead atoms. The zero-order valence-corrected chi connectivity index (χ0v) is 30.3. The molecule has 272 valence electrons. The number of unbranched alkanes of at least 4 members (excludes halogenated alkanes) is 19. The molecule has 2 rings (SSSR count). The summed E-state index contributed by atoms with van der Waals surface area (Å²) in [7, 11) is 0. The van der Waals surface area contributed by atoms with Gasteiger partial charge in [-0.3, -0.25) is 9.69 Å². The van der Waals surface area contributed by atoms with Crippen LogP contribution in [-0.4, -0.2) is 84.5 Å². The Morgan fingerprint density at radius 3 is 1.65 bits per heavy atom. The summed E-state index contributed by atoms with van der Waals surface area (Å²) >= 11 is 0. The molecule has 2 aliphatic rings. The first-order chi connectivity index (χ1) is 22.5. The van der Waals surface area contributed by atoms with Crippen molar-refractivity contribution in [3.05, 3.63) is 0 Å². The summed E-state index contributed by atoms with van der Waals surface area (Å²) < 4.78 is 17.1. The first-order valence-corrected chi connectivity index (χ1v) is 20.0. The minimum atomic E-state index is -0.370. The van der Waals surface area contributed by atoms with Gasteiger partial charge in [0.1, 0.15) is 6.10 Å². The average Bonchev–Trinajstić information content (AvgIpc) is 3.66. The highest BCUT2D eigenvalue weighted by molar-refractivity contribution is 5.69. The largest absolute Gasteiger partial charge is 0.457 e. The first kappa shape index (κ1) is 41.4. The van der Waals surface area contributed by atoms with Gasteiger partial charge in [-0.15, -0.1) is 0 Å². The molecule has 7 nitrogen and oxygen atoms in total. The first-order valence-electron chi connectivity index (χ1n) is 20.0. The van der Waals surface area contributed by atoms with Crippen molar-refractivity contribution >= 4 is 5.97 Å². The van der Waals surface area contributed by atoms with Gasteiger partial charge >= 0.3 is 5.97 Å². The number of rotatable bonds is 32. The summed E-state index contributed by atoms with van der Waals surface area (Å²) in [6.07, 6.45) is 29.3. The fourth-order valence-corrected chi connectivity index (χ4v) is 7.13. The van der Waals surface area contributed by atoms with Crippen molar-refractivity contribution in [1.29, 1.82) is 0 Å². The van der Waals surface area contributed by atoms with E-state index in [1.165, 1.54) is 116 Å². The summed E-state index contributed by atoms with van der Waals surface area (Å²) in [4.78, 5) is 14.7. The Bertz CT molecular complexity index is 676. The molecule has 0 aromatic heterocycles. The highest BCUT2D eigenvalue weighted by Crippen LogP contribution is 2.28. The Morgan fingerprint density at radius 2 is 1.15 bits per heavy atom. The summed E-state index contributed by atoms with van der Waals surface area (Å²) in [6.45, 7) is 7.60. The van der Waals surface area contributed by atoms with Crippen LogP contribution in [0.4, 0.5) is 0 Å². The monoisotopic (exact) mass is 654 g/mol. The zero-order valence-electron chi connectivity index (χ0n) is 30.3. The van der Waals surface area contributed by atoms with Gasteiger partial charge in [-0.1, -0.05) is 142 Å². The quantitative estimate of drug-likeness (QED) is 0.0554. The Hall–Kier alpha value is -0.730. The van der Waals surface area contributed by atoms with E-state index in [9.17, 15) is 15.0 Å². The van der Waals surface area contributed by atoms with Crippen LogP contribution in [-0.2, 0) is 19.0 Å². The maximum absolute atomic E-state index is 12.5. The van der Waals surface area contributed by atoms with Crippen LogP contribution in [0.1, 0.15) is 181 Å². The molecule has 0 spiro atoms. The van der Waals surface area contributed by atoms with E-state index in [1.54, 1.807) is 0 Å². The fourth-order valence-electron chi connectivity index (χ4n) is 7.13. The van der Waals surface area contributed by atoms with Gasteiger partial charge in [0.05, 0.1) is 24.9 Å². The molecule has 2 aliphatic heterocycles. The van der Waals surface area contributed by atoms with E-state index in [1.807, 2.05) is 0 Å². The lowest BCUT2D eigenvalue weighted by Crippen LogP contribution is -2.38. The normalized spacial score (nSPS) is 20.8. The van der Waals surface area contributed by atoms with E-state index >= 15 is 0 Å². The van der Waals surface area contributed by atoms with Gasteiger partial charge in [-0.2, -0.15) is 0 Å². The predicted molar refractivity (Wildman–Crippen MR) is 189 cm³/mol. The number of carbonyl (C=O) groups is 1. The standard InChI is InChI=1S/C39H75NO6/c1-3-5-7-9-11-13-15-17-19-21-25-34(41)31-40(32-35(42)26-22-20-18-16-14-12-10-8-6-4-2)29-24-23-27-38(43)46-37-33-45-36-28-30-44-39(36)37/h34-37,39,41-42H,3-33H2,1-2H3. The number of fused-ring (bicyclic) bond motifs is 1. The molecule has 0 aromatic rings. The second kappa shape index (κ2) is 28.1.